The van der Waals surface area contributed by atoms with Crippen LogP contribution in [0.4, 0.5) is 22.0 Å². The normalized spacial score (nSPS) is 11.6. The molecule has 0 N–H and O–H groups in total. The molecule has 0 aliphatic heterocycles. The molecule has 0 aliphatic carbocycles. The van der Waals surface area contributed by atoms with Crippen LogP contribution in [0.25, 0.3) is 22.0 Å². The Morgan fingerprint density at radius 3 is 2.40 bits per heavy atom. The summed E-state index contributed by atoms with van der Waals surface area (Å²) in [5.74, 6) is -1.47. The van der Waals surface area contributed by atoms with E-state index in [1.807, 2.05) is 0 Å². The van der Waals surface area contributed by atoms with Gasteiger partial charge in [0.05, 0.1) is 11.1 Å². The van der Waals surface area contributed by atoms with Gasteiger partial charge < -0.3 is 4.74 Å². The third-order valence-electron chi connectivity index (χ3n) is 4.61. The molecule has 0 unspecified atom stereocenters. The second-order valence-electron chi connectivity index (χ2n) is 6.62. The number of halogens is 5. The van der Waals surface area contributed by atoms with Crippen LogP contribution in [0.2, 0.25) is 0 Å². The van der Waals surface area contributed by atoms with Gasteiger partial charge in [-0.05, 0) is 53.1 Å². The Morgan fingerprint density at radius 2 is 1.63 bits per heavy atom. The Balaban J connectivity index is 1.67. The smallest absolute Gasteiger partial charge is 0.418 e. The van der Waals surface area contributed by atoms with Crippen molar-refractivity contribution in [3.8, 4) is 16.9 Å². The van der Waals surface area contributed by atoms with Crippen LogP contribution in [0.5, 0.6) is 5.75 Å². The molecule has 0 radical (unpaired) electrons. The Morgan fingerprint density at radius 1 is 0.833 bits per heavy atom. The largest absolute Gasteiger partial charge is 0.489 e. The molecule has 4 aromatic rings. The third kappa shape index (κ3) is 3.96. The lowest BCUT2D eigenvalue weighted by Gasteiger charge is -2.13. The molecule has 0 fully saturated rings. The molecule has 1 heterocycles. The molecule has 4 rings (SSSR count). The van der Waals surface area contributed by atoms with Crippen molar-refractivity contribution in [3.05, 3.63) is 95.7 Å². The van der Waals surface area contributed by atoms with Crippen molar-refractivity contribution in [2.45, 2.75) is 12.8 Å². The number of benzene rings is 3. The van der Waals surface area contributed by atoms with Crippen LogP contribution < -0.4 is 4.74 Å². The van der Waals surface area contributed by atoms with E-state index in [0.717, 1.165) is 18.2 Å². The molecule has 0 amide bonds. The first-order chi connectivity index (χ1) is 14.3. The summed E-state index contributed by atoms with van der Waals surface area (Å²) in [6.07, 6.45) is -3.18. The van der Waals surface area contributed by atoms with Crippen LogP contribution in [0.1, 0.15) is 11.1 Å². The Labute approximate surface area is 168 Å². The van der Waals surface area contributed by atoms with Crippen LogP contribution >= 0.6 is 0 Å². The van der Waals surface area contributed by atoms with E-state index < -0.39 is 23.4 Å². The maximum absolute atomic E-state index is 13.3. The van der Waals surface area contributed by atoms with Crippen molar-refractivity contribution in [1.29, 1.82) is 0 Å². The zero-order valence-electron chi connectivity index (χ0n) is 15.4. The highest BCUT2D eigenvalue weighted by Gasteiger charge is 2.33. The first-order valence-corrected chi connectivity index (χ1v) is 8.95. The number of para-hydroxylation sites is 1. The third-order valence-corrected chi connectivity index (χ3v) is 4.61. The topological polar surface area (TPSA) is 22.1 Å². The van der Waals surface area contributed by atoms with Gasteiger partial charge in [0.1, 0.15) is 12.4 Å². The molecule has 0 atom stereocenters. The summed E-state index contributed by atoms with van der Waals surface area (Å²) in [6, 6.07) is 15.9. The number of hydrogen-bond donors (Lipinski definition) is 0. The fourth-order valence-corrected chi connectivity index (χ4v) is 3.21. The summed E-state index contributed by atoms with van der Waals surface area (Å²) in [5.41, 5.74) is 0.737. The van der Waals surface area contributed by atoms with Gasteiger partial charge in [0.25, 0.3) is 0 Å². The summed E-state index contributed by atoms with van der Waals surface area (Å²) >= 11 is 0. The summed E-state index contributed by atoms with van der Waals surface area (Å²) < 4.78 is 72.0. The van der Waals surface area contributed by atoms with E-state index in [0.29, 0.717) is 27.8 Å². The molecule has 0 spiro atoms. The van der Waals surface area contributed by atoms with Gasteiger partial charge in [-0.3, -0.25) is 4.98 Å². The predicted octanol–water partition coefficient (Wildman–Crippen LogP) is 6.78. The lowest BCUT2D eigenvalue weighted by Crippen LogP contribution is -2.06. The van der Waals surface area contributed by atoms with Crippen molar-refractivity contribution in [3.63, 3.8) is 0 Å². The minimum atomic E-state index is -4.51. The average Bonchev–Trinajstić information content (AvgIpc) is 2.73. The van der Waals surface area contributed by atoms with Gasteiger partial charge in [-0.2, -0.15) is 13.2 Å². The van der Waals surface area contributed by atoms with E-state index in [1.54, 1.807) is 36.4 Å². The molecule has 0 aliphatic rings. The number of rotatable bonds is 4. The van der Waals surface area contributed by atoms with Crippen molar-refractivity contribution in [1.82, 2.24) is 4.98 Å². The maximum atomic E-state index is 13.3. The van der Waals surface area contributed by atoms with Gasteiger partial charge in [0, 0.05) is 11.6 Å². The molecule has 1 aromatic heterocycles. The van der Waals surface area contributed by atoms with E-state index in [9.17, 15) is 22.0 Å². The molecule has 0 saturated heterocycles. The van der Waals surface area contributed by atoms with E-state index in [1.165, 1.54) is 18.3 Å². The Bertz CT molecular complexity index is 1220. The van der Waals surface area contributed by atoms with Crippen LogP contribution in [-0.2, 0) is 12.8 Å². The highest BCUT2D eigenvalue weighted by molar-refractivity contribution is 5.96. The predicted molar refractivity (Wildman–Crippen MR) is 103 cm³/mol. The number of hydrogen-bond acceptors (Lipinski definition) is 2. The summed E-state index contributed by atoms with van der Waals surface area (Å²) in [4.78, 5) is 3.93. The number of fused-ring (bicyclic) bond motifs is 1. The molecule has 3 aromatic carbocycles. The second kappa shape index (κ2) is 7.74. The monoisotopic (exact) mass is 415 g/mol. The van der Waals surface area contributed by atoms with Crippen LogP contribution in [0, 0.1) is 11.6 Å². The number of pyridine rings is 1. The standard InChI is InChI=1S/C23H14F5NO/c24-20-8-7-14(11-21(20)25)13-30-16-4-1-3-15(12-16)17-9-10-29-22-18(17)5-2-6-19(22)23(26,27)28/h1-12H,13H2. The lowest BCUT2D eigenvalue weighted by atomic mass is 9.99. The maximum Gasteiger partial charge on any atom is 0.418 e. The molecule has 2 nitrogen and oxygen atoms in total. The molecular formula is C23H14F5NO. The minimum absolute atomic E-state index is 0.00989. The van der Waals surface area contributed by atoms with Crippen LogP contribution in [0.3, 0.4) is 0 Å². The van der Waals surface area contributed by atoms with Gasteiger partial charge >= 0.3 is 6.18 Å². The van der Waals surface area contributed by atoms with Gasteiger partial charge in [-0.1, -0.05) is 30.3 Å². The molecule has 0 saturated carbocycles. The van der Waals surface area contributed by atoms with E-state index >= 15 is 0 Å². The Kier molecular flexibility index (Phi) is 5.11. The van der Waals surface area contributed by atoms with Crippen LogP contribution in [0.15, 0.2) is 72.9 Å². The van der Waals surface area contributed by atoms with Crippen LogP contribution in [-0.4, -0.2) is 4.98 Å². The molecular weight excluding hydrogens is 401 g/mol. The molecule has 152 valence electrons. The highest BCUT2D eigenvalue weighted by Crippen LogP contribution is 2.37. The van der Waals surface area contributed by atoms with Crippen molar-refractivity contribution >= 4 is 10.9 Å². The number of alkyl halides is 3. The second-order valence-corrected chi connectivity index (χ2v) is 6.62. The van der Waals surface area contributed by atoms with Gasteiger partial charge in [0.2, 0.25) is 0 Å². The van der Waals surface area contributed by atoms with E-state index in [-0.39, 0.29) is 12.1 Å². The highest BCUT2D eigenvalue weighted by atomic mass is 19.4. The van der Waals surface area contributed by atoms with Crippen molar-refractivity contribution in [2.75, 3.05) is 0 Å². The average molecular weight is 415 g/mol. The first-order valence-electron chi connectivity index (χ1n) is 8.95. The quantitative estimate of drug-likeness (QED) is 0.343. The van der Waals surface area contributed by atoms with Gasteiger partial charge in [0.15, 0.2) is 11.6 Å². The molecule has 0 bridgehead atoms. The Hall–Kier alpha value is -3.48. The lowest BCUT2D eigenvalue weighted by molar-refractivity contribution is -0.136. The molecule has 7 heteroatoms. The number of aromatic nitrogens is 1. The first kappa shape index (κ1) is 19.8. The van der Waals surface area contributed by atoms with Gasteiger partial charge in [-0.25, -0.2) is 8.78 Å². The minimum Gasteiger partial charge on any atom is -0.489 e. The number of ether oxygens (including phenoxy) is 1. The summed E-state index contributed by atoms with van der Waals surface area (Å²) in [7, 11) is 0. The zero-order chi connectivity index (χ0) is 21.3. The van der Waals surface area contributed by atoms with Crippen molar-refractivity contribution < 1.29 is 26.7 Å². The van der Waals surface area contributed by atoms with E-state index in [2.05, 4.69) is 4.98 Å². The SMILES string of the molecule is Fc1ccc(COc2cccc(-c3ccnc4c(C(F)(F)F)cccc34)c2)cc1F. The summed E-state index contributed by atoms with van der Waals surface area (Å²) in [5, 5.41) is 0.366. The van der Waals surface area contributed by atoms with Gasteiger partial charge in [-0.15, -0.1) is 0 Å². The fourth-order valence-electron chi connectivity index (χ4n) is 3.21. The zero-order valence-corrected chi connectivity index (χ0v) is 15.4. The van der Waals surface area contributed by atoms with E-state index in [4.69, 9.17) is 4.74 Å². The molecule has 30 heavy (non-hydrogen) atoms. The number of nitrogens with zero attached hydrogens (tertiary/aromatic N) is 1. The van der Waals surface area contributed by atoms with Crippen molar-refractivity contribution in [2.24, 2.45) is 0 Å². The fraction of sp³-hybridized carbons (Fsp3) is 0.0870. The summed E-state index contributed by atoms with van der Waals surface area (Å²) in [6.45, 7) is 0.00989.